The lowest BCUT2D eigenvalue weighted by atomic mass is 9.64. The van der Waals surface area contributed by atoms with Gasteiger partial charge in [-0.15, -0.1) is 0 Å². The van der Waals surface area contributed by atoms with E-state index in [4.69, 9.17) is 4.74 Å². The summed E-state index contributed by atoms with van der Waals surface area (Å²) < 4.78 is 5.55. The molecular formula is C16H30O4. The molecule has 0 aliphatic rings. The molecule has 0 spiro atoms. The van der Waals surface area contributed by atoms with Crippen LogP contribution in [0.25, 0.3) is 0 Å². The fourth-order valence-corrected chi connectivity index (χ4v) is 2.60. The highest BCUT2D eigenvalue weighted by atomic mass is 16.5. The molecule has 0 aliphatic carbocycles. The van der Waals surface area contributed by atoms with E-state index in [9.17, 15) is 14.7 Å². The molecule has 0 saturated carbocycles. The van der Waals surface area contributed by atoms with Crippen LogP contribution in [0.2, 0.25) is 0 Å². The van der Waals surface area contributed by atoms with Gasteiger partial charge in [-0.25, -0.2) is 0 Å². The highest BCUT2D eigenvalue weighted by Crippen LogP contribution is 2.44. The molecule has 2 atom stereocenters. The Morgan fingerprint density at radius 2 is 1.65 bits per heavy atom. The van der Waals surface area contributed by atoms with E-state index in [2.05, 4.69) is 0 Å². The molecule has 20 heavy (non-hydrogen) atoms. The van der Waals surface area contributed by atoms with Crippen molar-refractivity contribution in [3.8, 4) is 0 Å². The Hall–Kier alpha value is -1.06. The van der Waals surface area contributed by atoms with E-state index >= 15 is 0 Å². The van der Waals surface area contributed by atoms with Crippen molar-refractivity contribution in [2.24, 2.45) is 16.7 Å². The summed E-state index contributed by atoms with van der Waals surface area (Å²) in [6.07, 6.45) is 1.37. The average molecular weight is 286 g/mol. The van der Waals surface area contributed by atoms with E-state index in [1.54, 1.807) is 20.8 Å². The van der Waals surface area contributed by atoms with Crippen molar-refractivity contribution < 1.29 is 19.4 Å². The van der Waals surface area contributed by atoms with Gasteiger partial charge in [-0.1, -0.05) is 54.9 Å². The Morgan fingerprint density at radius 1 is 1.15 bits per heavy atom. The number of carbonyl (C=O) groups is 2. The summed E-state index contributed by atoms with van der Waals surface area (Å²) in [6.45, 7) is 13.1. The number of hydrogen-bond donors (Lipinski definition) is 1. The number of carbonyl (C=O) groups excluding carboxylic acids is 1. The van der Waals surface area contributed by atoms with Gasteiger partial charge in [-0.05, 0) is 24.2 Å². The van der Waals surface area contributed by atoms with E-state index < -0.39 is 22.8 Å². The Kier molecular flexibility index (Phi) is 6.72. The monoisotopic (exact) mass is 286 g/mol. The first-order chi connectivity index (χ1) is 9.04. The van der Waals surface area contributed by atoms with Crippen LogP contribution in [-0.4, -0.2) is 23.1 Å². The molecule has 0 saturated heterocycles. The van der Waals surface area contributed by atoms with Gasteiger partial charge in [0.1, 0.15) is 6.10 Å². The Labute approximate surface area is 122 Å². The quantitative estimate of drug-likeness (QED) is 0.570. The molecule has 0 aromatic heterocycles. The van der Waals surface area contributed by atoms with Crippen LogP contribution in [0.15, 0.2) is 0 Å². The van der Waals surface area contributed by atoms with Gasteiger partial charge in [0, 0.05) is 0 Å². The van der Waals surface area contributed by atoms with Gasteiger partial charge in [-0.3, -0.25) is 9.59 Å². The van der Waals surface area contributed by atoms with E-state index in [0.29, 0.717) is 19.3 Å². The summed E-state index contributed by atoms with van der Waals surface area (Å²) in [7, 11) is 0. The van der Waals surface area contributed by atoms with Crippen LogP contribution in [0.1, 0.15) is 67.7 Å². The maximum absolute atomic E-state index is 12.6. The number of carboxylic acid groups (broad SMARTS) is 1. The minimum Gasteiger partial charge on any atom is -0.480 e. The largest absolute Gasteiger partial charge is 0.480 e. The van der Waals surface area contributed by atoms with Crippen LogP contribution < -0.4 is 0 Å². The van der Waals surface area contributed by atoms with E-state index in [0.717, 1.165) is 0 Å². The summed E-state index contributed by atoms with van der Waals surface area (Å²) >= 11 is 0. The highest BCUT2D eigenvalue weighted by Gasteiger charge is 2.56. The lowest BCUT2D eigenvalue weighted by Crippen LogP contribution is -2.51. The summed E-state index contributed by atoms with van der Waals surface area (Å²) in [5.41, 5.74) is -2.18. The molecule has 0 aromatic carbocycles. The second kappa shape index (κ2) is 7.09. The van der Waals surface area contributed by atoms with Crippen LogP contribution in [0.3, 0.4) is 0 Å². The highest BCUT2D eigenvalue weighted by molar-refractivity contribution is 6.00. The van der Waals surface area contributed by atoms with Crippen LogP contribution in [0.4, 0.5) is 0 Å². The molecule has 4 nitrogen and oxygen atoms in total. The van der Waals surface area contributed by atoms with Crippen LogP contribution in [0.5, 0.6) is 0 Å². The standard InChI is InChI=1S/C16H30O4/c1-8-10-16(13(17)18,15(5,6)7)14(19)20-12(9-2)11(3)4/h11-12H,8-10H2,1-7H3,(H,17,18). The molecule has 0 radical (unpaired) electrons. The first-order valence-corrected chi connectivity index (χ1v) is 7.49. The van der Waals surface area contributed by atoms with Crippen LogP contribution in [0, 0.1) is 16.7 Å². The summed E-state index contributed by atoms with van der Waals surface area (Å²) in [4.78, 5) is 24.5. The van der Waals surface area contributed by atoms with Crippen molar-refractivity contribution in [1.82, 2.24) is 0 Å². The van der Waals surface area contributed by atoms with Gasteiger partial charge < -0.3 is 9.84 Å². The minimum absolute atomic E-state index is 0.178. The number of carboxylic acids is 1. The lowest BCUT2D eigenvalue weighted by Gasteiger charge is -2.40. The second-order valence-corrected chi connectivity index (χ2v) is 6.81. The SMILES string of the molecule is CCCC(C(=O)O)(C(=O)OC(CC)C(C)C)C(C)(C)C. The van der Waals surface area contributed by atoms with Crippen LogP contribution in [-0.2, 0) is 14.3 Å². The van der Waals surface area contributed by atoms with Gasteiger partial charge in [0.15, 0.2) is 5.41 Å². The van der Waals surface area contributed by atoms with E-state index in [1.807, 2.05) is 27.7 Å². The predicted octanol–water partition coefficient (Wildman–Crippen LogP) is 3.88. The number of hydrogen-bond acceptors (Lipinski definition) is 3. The average Bonchev–Trinajstić information content (AvgIpc) is 2.29. The second-order valence-electron chi connectivity index (χ2n) is 6.81. The Morgan fingerprint density at radius 3 is 1.90 bits per heavy atom. The summed E-state index contributed by atoms with van der Waals surface area (Å²) in [5.74, 6) is -1.51. The molecular weight excluding hydrogens is 256 g/mol. The maximum atomic E-state index is 12.6. The van der Waals surface area contributed by atoms with Crippen LogP contribution >= 0.6 is 0 Å². The topological polar surface area (TPSA) is 63.6 Å². The van der Waals surface area contributed by atoms with E-state index in [-0.39, 0.29) is 12.0 Å². The van der Waals surface area contributed by atoms with Crippen molar-refractivity contribution in [3.63, 3.8) is 0 Å². The molecule has 0 bridgehead atoms. The molecule has 2 unspecified atom stereocenters. The van der Waals surface area contributed by atoms with Crippen molar-refractivity contribution in [3.05, 3.63) is 0 Å². The van der Waals surface area contributed by atoms with Crippen molar-refractivity contribution in [2.45, 2.75) is 73.8 Å². The van der Waals surface area contributed by atoms with Gasteiger partial charge in [-0.2, -0.15) is 0 Å². The molecule has 0 amide bonds. The van der Waals surface area contributed by atoms with Gasteiger partial charge in [0.05, 0.1) is 0 Å². The zero-order valence-electron chi connectivity index (χ0n) is 13.9. The Balaban J connectivity index is 5.54. The van der Waals surface area contributed by atoms with Crippen molar-refractivity contribution in [1.29, 1.82) is 0 Å². The fourth-order valence-electron chi connectivity index (χ4n) is 2.60. The Bertz CT molecular complexity index is 341. The van der Waals surface area contributed by atoms with Gasteiger partial charge in [0.25, 0.3) is 0 Å². The third kappa shape index (κ3) is 3.74. The minimum atomic E-state index is -1.48. The summed E-state index contributed by atoms with van der Waals surface area (Å²) in [6, 6.07) is 0. The molecule has 1 N–H and O–H groups in total. The van der Waals surface area contributed by atoms with Gasteiger partial charge in [0.2, 0.25) is 0 Å². The molecule has 0 fully saturated rings. The predicted molar refractivity (Wildman–Crippen MR) is 79.4 cm³/mol. The first-order valence-electron chi connectivity index (χ1n) is 7.49. The maximum Gasteiger partial charge on any atom is 0.324 e. The van der Waals surface area contributed by atoms with Gasteiger partial charge >= 0.3 is 11.9 Å². The first kappa shape index (κ1) is 18.9. The third-order valence-electron chi connectivity index (χ3n) is 4.02. The third-order valence-corrected chi connectivity index (χ3v) is 4.02. The zero-order chi connectivity index (χ0) is 16.1. The summed E-state index contributed by atoms with van der Waals surface area (Å²) in [5, 5.41) is 9.68. The number of ether oxygens (including phenoxy) is 1. The number of rotatable bonds is 7. The molecule has 0 aliphatic heterocycles. The molecule has 0 heterocycles. The number of aliphatic carboxylic acids is 1. The number of esters is 1. The fraction of sp³-hybridized carbons (Fsp3) is 0.875. The van der Waals surface area contributed by atoms with Crippen molar-refractivity contribution in [2.75, 3.05) is 0 Å². The normalized spacial score (nSPS) is 16.6. The van der Waals surface area contributed by atoms with E-state index in [1.165, 1.54) is 0 Å². The molecule has 0 aromatic rings. The smallest absolute Gasteiger partial charge is 0.324 e. The molecule has 118 valence electrons. The zero-order valence-corrected chi connectivity index (χ0v) is 13.9. The van der Waals surface area contributed by atoms with Crippen molar-refractivity contribution >= 4 is 11.9 Å². The lowest BCUT2D eigenvalue weighted by molar-refractivity contribution is -0.184. The molecule has 4 heteroatoms. The molecule has 0 rings (SSSR count).